The largest absolute Gasteiger partial charge is 0.507 e. The lowest BCUT2D eigenvalue weighted by atomic mass is 9.99. The number of esters is 1. The number of hydrogen-bond acceptors (Lipinski definition) is 5. The zero-order valence-electron chi connectivity index (χ0n) is 12.8. The predicted octanol–water partition coefficient (Wildman–Crippen LogP) is 3.00. The summed E-state index contributed by atoms with van der Waals surface area (Å²) in [5.41, 5.74) is -0.307. The minimum absolute atomic E-state index is 0.0325. The van der Waals surface area contributed by atoms with Crippen LogP contribution in [0.5, 0.6) is 17.2 Å². The number of ketones is 1. The SMILES string of the molecule is COc1ccc(C(=O)c2c(O)cc(OC(C)=O)c(C)c2F)cc1. The highest BCUT2D eigenvalue weighted by molar-refractivity contribution is 6.11. The minimum Gasteiger partial charge on any atom is -0.507 e. The first-order valence-electron chi connectivity index (χ1n) is 6.74. The van der Waals surface area contributed by atoms with Crippen molar-refractivity contribution in [1.82, 2.24) is 0 Å². The molecule has 0 amide bonds. The standard InChI is InChI=1S/C17H15FO5/c1-9-14(23-10(2)19)8-13(20)15(16(9)18)17(21)11-4-6-12(22-3)7-5-11/h4-8,20H,1-3H3. The third-order valence-corrected chi connectivity index (χ3v) is 3.28. The van der Waals surface area contributed by atoms with Crippen LogP contribution < -0.4 is 9.47 Å². The first-order valence-corrected chi connectivity index (χ1v) is 6.74. The van der Waals surface area contributed by atoms with Crippen molar-refractivity contribution in [3.8, 4) is 17.2 Å². The van der Waals surface area contributed by atoms with Crippen LogP contribution in [0.25, 0.3) is 0 Å². The second-order valence-corrected chi connectivity index (χ2v) is 4.86. The molecule has 0 spiro atoms. The van der Waals surface area contributed by atoms with Gasteiger partial charge in [0, 0.05) is 24.1 Å². The van der Waals surface area contributed by atoms with Gasteiger partial charge in [-0.05, 0) is 31.2 Å². The first kappa shape index (κ1) is 16.5. The Balaban J connectivity index is 2.47. The van der Waals surface area contributed by atoms with Gasteiger partial charge in [-0.1, -0.05) is 0 Å². The quantitative estimate of drug-likeness (QED) is 0.533. The Kier molecular flexibility index (Phi) is 4.64. The van der Waals surface area contributed by atoms with Crippen LogP contribution in [0.4, 0.5) is 4.39 Å². The van der Waals surface area contributed by atoms with Crippen molar-refractivity contribution < 1.29 is 28.6 Å². The van der Waals surface area contributed by atoms with E-state index >= 15 is 0 Å². The van der Waals surface area contributed by atoms with Crippen LogP contribution in [-0.2, 0) is 4.79 Å². The molecule has 0 aromatic heterocycles. The van der Waals surface area contributed by atoms with E-state index in [0.717, 1.165) is 13.0 Å². The van der Waals surface area contributed by atoms with Gasteiger partial charge in [-0.25, -0.2) is 4.39 Å². The van der Waals surface area contributed by atoms with Gasteiger partial charge in [-0.2, -0.15) is 0 Å². The van der Waals surface area contributed by atoms with Crippen molar-refractivity contribution in [1.29, 1.82) is 0 Å². The van der Waals surface area contributed by atoms with E-state index in [1.54, 1.807) is 12.1 Å². The molecule has 0 fully saturated rings. The van der Waals surface area contributed by atoms with Crippen LogP contribution in [0.1, 0.15) is 28.4 Å². The third kappa shape index (κ3) is 3.31. The van der Waals surface area contributed by atoms with E-state index in [9.17, 15) is 19.1 Å². The van der Waals surface area contributed by atoms with Gasteiger partial charge in [0.15, 0.2) is 5.78 Å². The molecule has 0 aliphatic heterocycles. The summed E-state index contributed by atoms with van der Waals surface area (Å²) in [6.07, 6.45) is 0. The fraction of sp³-hybridized carbons (Fsp3) is 0.176. The van der Waals surface area contributed by atoms with Gasteiger partial charge in [-0.15, -0.1) is 0 Å². The summed E-state index contributed by atoms with van der Waals surface area (Å²) in [6.45, 7) is 2.52. The lowest BCUT2D eigenvalue weighted by Gasteiger charge is -2.12. The van der Waals surface area contributed by atoms with Crippen LogP contribution >= 0.6 is 0 Å². The number of halogens is 1. The molecule has 0 radical (unpaired) electrons. The molecule has 1 N–H and O–H groups in total. The summed E-state index contributed by atoms with van der Waals surface area (Å²) in [6, 6.07) is 7.10. The first-order chi connectivity index (χ1) is 10.8. The second-order valence-electron chi connectivity index (χ2n) is 4.86. The Morgan fingerprint density at radius 3 is 2.30 bits per heavy atom. The molecule has 0 aliphatic rings. The summed E-state index contributed by atoms with van der Waals surface area (Å²) < 4.78 is 24.3. The molecule has 120 valence electrons. The van der Waals surface area contributed by atoms with E-state index < -0.39 is 28.9 Å². The molecule has 0 heterocycles. The van der Waals surface area contributed by atoms with Gasteiger partial charge < -0.3 is 14.6 Å². The fourth-order valence-electron chi connectivity index (χ4n) is 2.08. The van der Waals surface area contributed by atoms with E-state index in [1.807, 2.05) is 0 Å². The third-order valence-electron chi connectivity index (χ3n) is 3.28. The Labute approximate surface area is 132 Å². The summed E-state index contributed by atoms with van der Waals surface area (Å²) in [5.74, 6) is -2.43. The van der Waals surface area contributed by atoms with Crippen molar-refractivity contribution in [2.75, 3.05) is 7.11 Å². The molecule has 0 aliphatic carbocycles. The molecule has 2 aromatic carbocycles. The average molecular weight is 318 g/mol. The minimum atomic E-state index is -0.929. The van der Waals surface area contributed by atoms with Gasteiger partial charge in [-0.3, -0.25) is 9.59 Å². The topological polar surface area (TPSA) is 72.8 Å². The number of phenolic OH excluding ortho intramolecular Hbond substituents is 1. The molecule has 0 saturated carbocycles. The van der Waals surface area contributed by atoms with Crippen molar-refractivity contribution in [3.05, 3.63) is 52.8 Å². The molecular weight excluding hydrogens is 303 g/mol. The number of hydrogen-bond donors (Lipinski definition) is 1. The lowest BCUT2D eigenvalue weighted by molar-refractivity contribution is -0.131. The zero-order chi connectivity index (χ0) is 17.1. The summed E-state index contributed by atoms with van der Waals surface area (Å²) >= 11 is 0. The highest BCUT2D eigenvalue weighted by Crippen LogP contribution is 2.33. The number of phenols is 1. The second kappa shape index (κ2) is 6.48. The van der Waals surface area contributed by atoms with Crippen LogP contribution in [-0.4, -0.2) is 24.0 Å². The number of ether oxygens (including phenoxy) is 2. The van der Waals surface area contributed by atoms with E-state index in [2.05, 4.69) is 0 Å². The average Bonchev–Trinajstić information content (AvgIpc) is 2.52. The molecule has 6 heteroatoms. The zero-order valence-corrected chi connectivity index (χ0v) is 12.8. The number of benzene rings is 2. The van der Waals surface area contributed by atoms with Crippen LogP contribution in [0.3, 0.4) is 0 Å². The van der Waals surface area contributed by atoms with Crippen LogP contribution in [0.15, 0.2) is 30.3 Å². The van der Waals surface area contributed by atoms with Gasteiger partial charge in [0.05, 0.1) is 7.11 Å². The smallest absolute Gasteiger partial charge is 0.308 e. The fourth-order valence-corrected chi connectivity index (χ4v) is 2.08. The van der Waals surface area contributed by atoms with E-state index in [-0.39, 0.29) is 16.9 Å². The van der Waals surface area contributed by atoms with Gasteiger partial charge in [0.1, 0.15) is 28.6 Å². The van der Waals surface area contributed by atoms with Crippen molar-refractivity contribution in [2.45, 2.75) is 13.8 Å². The number of aromatic hydroxyl groups is 1. The van der Waals surface area contributed by atoms with Crippen LogP contribution in [0.2, 0.25) is 0 Å². The summed E-state index contributed by atoms with van der Waals surface area (Å²) in [4.78, 5) is 23.4. The molecule has 0 bridgehead atoms. The number of methoxy groups -OCH3 is 1. The number of carbonyl (C=O) groups excluding carboxylic acids is 2. The Hall–Kier alpha value is -2.89. The van der Waals surface area contributed by atoms with Crippen molar-refractivity contribution >= 4 is 11.8 Å². The summed E-state index contributed by atoms with van der Waals surface area (Å²) in [7, 11) is 1.49. The lowest BCUT2D eigenvalue weighted by Crippen LogP contribution is -2.09. The van der Waals surface area contributed by atoms with Crippen molar-refractivity contribution in [2.24, 2.45) is 0 Å². The molecule has 2 aromatic rings. The normalized spacial score (nSPS) is 10.3. The van der Waals surface area contributed by atoms with E-state index in [4.69, 9.17) is 9.47 Å². The predicted molar refractivity (Wildman–Crippen MR) is 80.5 cm³/mol. The maximum Gasteiger partial charge on any atom is 0.308 e. The Morgan fingerprint density at radius 1 is 1.17 bits per heavy atom. The summed E-state index contributed by atoms with van der Waals surface area (Å²) in [5, 5.41) is 9.97. The molecular formula is C17H15FO5. The van der Waals surface area contributed by atoms with Crippen LogP contribution in [0, 0.1) is 12.7 Å². The maximum atomic E-state index is 14.5. The van der Waals surface area contributed by atoms with E-state index in [0.29, 0.717) is 5.75 Å². The molecule has 23 heavy (non-hydrogen) atoms. The van der Waals surface area contributed by atoms with Gasteiger partial charge in [0.25, 0.3) is 0 Å². The number of carbonyl (C=O) groups is 2. The highest BCUT2D eigenvalue weighted by atomic mass is 19.1. The number of rotatable bonds is 4. The molecule has 5 nitrogen and oxygen atoms in total. The monoisotopic (exact) mass is 318 g/mol. The van der Waals surface area contributed by atoms with Crippen molar-refractivity contribution in [3.63, 3.8) is 0 Å². The van der Waals surface area contributed by atoms with Gasteiger partial charge >= 0.3 is 5.97 Å². The molecule has 0 saturated heterocycles. The Bertz CT molecular complexity index is 766. The van der Waals surface area contributed by atoms with Gasteiger partial charge in [0.2, 0.25) is 0 Å². The molecule has 0 atom stereocenters. The Morgan fingerprint density at radius 2 is 1.78 bits per heavy atom. The molecule has 0 unspecified atom stereocenters. The van der Waals surface area contributed by atoms with E-state index in [1.165, 1.54) is 26.2 Å². The molecule has 2 rings (SSSR count). The maximum absolute atomic E-state index is 14.5. The highest BCUT2D eigenvalue weighted by Gasteiger charge is 2.23.